The molecule has 0 N–H and O–H groups in total. The molecule has 9 nitrogen and oxygen atoms in total. The summed E-state index contributed by atoms with van der Waals surface area (Å²) in [4.78, 5) is 12.0. The van der Waals surface area contributed by atoms with Crippen LogP contribution in [-0.2, 0) is 20.9 Å². The molecule has 1 aromatic rings. The molecule has 0 amide bonds. The van der Waals surface area contributed by atoms with Gasteiger partial charge in [-0.1, -0.05) is 12.1 Å². The summed E-state index contributed by atoms with van der Waals surface area (Å²) in [6.07, 6.45) is 0.220. The third kappa shape index (κ3) is 4.37. The highest BCUT2D eigenvalue weighted by molar-refractivity contribution is 7.85. The van der Waals surface area contributed by atoms with Gasteiger partial charge in [-0.15, -0.1) is 0 Å². The van der Waals surface area contributed by atoms with E-state index < -0.39 is 15.2 Å². The van der Waals surface area contributed by atoms with Gasteiger partial charge in [-0.05, 0) is 17.5 Å². The molecule has 0 aliphatic rings. The number of rotatable bonds is 6. The zero-order chi connectivity index (χ0) is 13.6. The van der Waals surface area contributed by atoms with Crippen LogP contribution in [0.3, 0.4) is 0 Å². The van der Waals surface area contributed by atoms with Crippen LogP contribution in [0.5, 0.6) is 0 Å². The third-order valence-corrected chi connectivity index (χ3v) is 2.64. The van der Waals surface area contributed by atoms with Crippen LogP contribution in [-0.4, -0.2) is 19.9 Å². The van der Waals surface area contributed by atoms with Crippen LogP contribution in [0.1, 0.15) is 5.56 Å². The van der Waals surface area contributed by atoms with Gasteiger partial charge in [0, 0.05) is 17.0 Å². The number of nitro groups is 1. The van der Waals surface area contributed by atoms with Gasteiger partial charge >= 0.3 is 10.3 Å². The first-order chi connectivity index (χ1) is 8.44. The number of hydrogen-bond acceptors (Lipinski definition) is 5. The van der Waals surface area contributed by atoms with Gasteiger partial charge in [0.25, 0.3) is 5.69 Å². The SMILES string of the molecule is [N-]=[N+]=NS(=O)(=O)OCCc1ccc([N+](=O)[O-])cc1. The fourth-order valence-electron chi connectivity index (χ4n) is 1.12. The second-order valence-corrected chi connectivity index (χ2v) is 4.35. The molecule has 0 atom stereocenters. The van der Waals surface area contributed by atoms with Gasteiger partial charge in [-0.2, -0.15) is 8.42 Å². The molecule has 1 rings (SSSR count). The maximum absolute atomic E-state index is 10.8. The number of benzene rings is 1. The minimum absolute atomic E-state index is 0.0543. The monoisotopic (exact) mass is 272 g/mol. The molecule has 10 heteroatoms. The average molecular weight is 272 g/mol. The quantitative estimate of drug-likeness (QED) is 0.255. The van der Waals surface area contributed by atoms with Crippen molar-refractivity contribution in [2.45, 2.75) is 6.42 Å². The first-order valence-corrected chi connectivity index (χ1v) is 6.00. The first kappa shape index (κ1) is 13.9. The van der Waals surface area contributed by atoms with Crippen LogP contribution >= 0.6 is 0 Å². The molecule has 96 valence electrons. The van der Waals surface area contributed by atoms with Gasteiger partial charge in [0.1, 0.15) is 0 Å². The molecule has 18 heavy (non-hydrogen) atoms. The van der Waals surface area contributed by atoms with Gasteiger partial charge in [0.15, 0.2) is 0 Å². The summed E-state index contributed by atoms with van der Waals surface area (Å²) in [6, 6.07) is 5.58. The van der Waals surface area contributed by atoms with Crippen molar-refractivity contribution >= 4 is 16.0 Å². The highest BCUT2D eigenvalue weighted by Crippen LogP contribution is 2.12. The molecule has 0 heterocycles. The molecule has 0 bridgehead atoms. The van der Waals surface area contributed by atoms with E-state index in [9.17, 15) is 18.5 Å². The molecule has 1 aromatic carbocycles. The molecule has 0 unspecified atom stereocenters. The van der Waals surface area contributed by atoms with Crippen molar-refractivity contribution in [2.75, 3.05) is 6.61 Å². The van der Waals surface area contributed by atoms with E-state index in [2.05, 4.69) is 13.6 Å². The summed E-state index contributed by atoms with van der Waals surface area (Å²) >= 11 is 0. The Bertz CT molecular complexity index is 576. The lowest BCUT2D eigenvalue weighted by Gasteiger charge is -2.01. The number of non-ortho nitro benzene ring substituents is 1. The molecule has 0 saturated heterocycles. The minimum Gasteiger partial charge on any atom is -0.264 e. The Kier molecular flexibility index (Phi) is 4.60. The maximum atomic E-state index is 10.8. The maximum Gasteiger partial charge on any atom is 0.358 e. The van der Waals surface area contributed by atoms with Crippen molar-refractivity contribution in [2.24, 2.45) is 4.52 Å². The zero-order valence-corrected chi connectivity index (χ0v) is 9.78. The largest absolute Gasteiger partial charge is 0.358 e. The highest BCUT2D eigenvalue weighted by Gasteiger charge is 2.08. The Morgan fingerprint density at radius 2 is 2.00 bits per heavy atom. The van der Waals surface area contributed by atoms with E-state index in [0.717, 1.165) is 0 Å². The molecule has 0 spiro atoms. The average Bonchev–Trinajstić information content (AvgIpc) is 2.29. The van der Waals surface area contributed by atoms with Gasteiger partial charge in [0.2, 0.25) is 0 Å². The highest BCUT2D eigenvalue weighted by atomic mass is 32.2. The van der Waals surface area contributed by atoms with Crippen LogP contribution in [0.2, 0.25) is 0 Å². The van der Waals surface area contributed by atoms with E-state index in [4.69, 9.17) is 5.53 Å². The molecule has 0 aliphatic heterocycles. The molecule has 0 radical (unpaired) electrons. The Balaban J connectivity index is 2.55. The van der Waals surface area contributed by atoms with Crippen LogP contribution in [0.4, 0.5) is 5.69 Å². The summed E-state index contributed by atoms with van der Waals surface area (Å²) in [7, 11) is -4.22. The number of nitrogens with zero attached hydrogens (tertiary/aromatic N) is 4. The van der Waals surface area contributed by atoms with E-state index in [1.54, 1.807) is 0 Å². The predicted octanol–water partition coefficient (Wildman–Crippen LogP) is 1.71. The standard InChI is InChI=1S/C8H8N4O5S/c9-10-11-18(15,16)17-6-5-7-1-3-8(4-2-7)12(13)14/h1-4H,5-6H2. The number of azide groups is 1. The molecular formula is C8H8N4O5S. The predicted molar refractivity (Wildman–Crippen MR) is 60.8 cm³/mol. The Hall–Kier alpha value is -2.16. The van der Waals surface area contributed by atoms with E-state index in [1.807, 2.05) is 0 Å². The molecule has 0 aromatic heterocycles. The van der Waals surface area contributed by atoms with Gasteiger partial charge in [0.05, 0.1) is 16.0 Å². The van der Waals surface area contributed by atoms with Crippen LogP contribution in [0, 0.1) is 10.1 Å². The van der Waals surface area contributed by atoms with Gasteiger partial charge < -0.3 is 0 Å². The van der Waals surface area contributed by atoms with Gasteiger partial charge in [-0.25, -0.2) is 0 Å². The molecule has 0 fully saturated rings. The summed E-state index contributed by atoms with van der Waals surface area (Å²) in [5.41, 5.74) is 8.55. The van der Waals surface area contributed by atoms with E-state index in [0.29, 0.717) is 5.56 Å². The molecule has 0 saturated carbocycles. The van der Waals surface area contributed by atoms with Crippen LogP contribution < -0.4 is 0 Å². The van der Waals surface area contributed by atoms with Crippen molar-refractivity contribution in [1.82, 2.24) is 0 Å². The van der Waals surface area contributed by atoms with Crippen molar-refractivity contribution in [1.29, 1.82) is 0 Å². The van der Waals surface area contributed by atoms with Crippen molar-refractivity contribution < 1.29 is 17.5 Å². The van der Waals surface area contributed by atoms with Crippen molar-refractivity contribution in [3.05, 3.63) is 50.4 Å². The summed E-state index contributed by atoms with van der Waals surface area (Å²) in [5, 5.41) is 10.4. The fourth-order valence-corrected chi connectivity index (χ4v) is 1.55. The van der Waals surface area contributed by atoms with E-state index in [1.165, 1.54) is 24.3 Å². The summed E-state index contributed by atoms with van der Waals surface area (Å²) in [5.74, 6) is 0. The van der Waals surface area contributed by atoms with E-state index >= 15 is 0 Å². The van der Waals surface area contributed by atoms with E-state index in [-0.39, 0.29) is 18.7 Å². The Morgan fingerprint density at radius 1 is 1.39 bits per heavy atom. The van der Waals surface area contributed by atoms with Crippen LogP contribution in [0.25, 0.3) is 10.4 Å². The lowest BCUT2D eigenvalue weighted by atomic mass is 10.1. The Labute approximate surface area is 102 Å². The van der Waals surface area contributed by atoms with Crippen molar-refractivity contribution in [3.63, 3.8) is 0 Å². The second kappa shape index (κ2) is 5.96. The zero-order valence-electron chi connectivity index (χ0n) is 8.96. The smallest absolute Gasteiger partial charge is 0.264 e. The van der Waals surface area contributed by atoms with Gasteiger partial charge in [-0.3, -0.25) is 14.3 Å². The molecular weight excluding hydrogens is 264 g/mol. The third-order valence-electron chi connectivity index (χ3n) is 1.91. The van der Waals surface area contributed by atoms with Crippen LogP contribution in [0.15, 0.2) is 28.8 Å². The number of nitro benzene ring substituents is 1. The minimum atomic E-state index is -4.22. The molecule has 0 aliphatic carbocycles. The first-order valence-electron chi connectivity index (χ1n) is 4.63. The fraction of sp³-hybridized carbons (Fsp3) is 0.250. The normalized spacial score (nSPS) is 10.7. The second-order valence-electron chi connectivity index (χ2n) is 3.09. The Morgan fingerprint density at radius 3 is 2.50 bits per heavy atom. The lowest BCUT2D eigenvalue weighted by Crippen LogP contribution is -2.05. The topological polar surface area (TPSA) is 135 Å². The van der Waals surface area contributed by atoms with Crippen molar-refractivity contribution in [3.8, 4) is 0 Å². The summed E-state index contributed by atoms with van der Waals surface area (Å²) < 4.78 is 28.5. The number of hydrogen-bond donors (Lipinski definition) is 0. The lowest BCUT2D eigenvalue weighted by molar-refractivity contribution is -0.384. The summed E-state index contributed by atoms with van der Waals surface area (Å²) in [6.45, 7) is -0.209.